The third-order valence-electron chi connectivity index (χ3n) is 4.83. The monoisotopic (exact) mass is 409 g/mol. The van der Waals surface area contributed by atoms with Gasteiger partial charge in [0.25, 0.3) is 5.56 Å². The molecule has 0 N–H and O–H groups in total. The van der Waals surface area contributed by atoms with Gasteiger partial charge in [-0.05, 0) is 36.2 Å². The summed E-state index contributed by atoms with van der Waals surface area (Å²) in [6, 6.07) is 17.2. The first-order chi connectivity index (χ1) is 14.1. The second-order valence-electron chi connectivity index (χ2n) is 6.63. The van der Waals surface area contributed by atoms with Gasteiger partial charge in [0.05, 0.1) is 12.1 Å². The fraction of sp³-hybridized carbons (Fsp3) is 0.136. The molecule has 0 aliphatic carbocycles. The summed E-state index contributed by atoms with van der Waals surface area (Å²) in [6.07, 6.45) is 2.00. The van der Waals surface area contributed by atoms with Gasteiger partial charge in [0.2, 0.25) is 0 Å². The minimum Gasteiger partial charge on any atom is -0.287 e. The lowest BCUT2D eigenvalue weighted by Gasteiger charge is -2.15. The third-order valence-corrected chi connectivity index (χ3v) is 5.19. The van der Waals surface area contributed by atoms with Crippen LogP contribution in [0.5, 0.6) is 0 Å². The van der Waals surface area contributed by atoms with Crippen LogP contribution in [0.1, 0.15) is 11.1 Å². The van der Waals surface area contributed by atoms with E-state index in [1.807, 2.05) is 30.3 Å². The Morgan fingerprint density at radius 1 is 0.931 bits per heavy atom. The highest BCUT2D eigenvalue weighted by atomic mass is 35.5. The number of aryl methyl sites for hydroxylation is 1. The second-order valence-corrected chi connectivity index (χ2v) is 7.04. The standard InChI is InChI=1S/C22H17ClFN3O2/c23-17-8-4-9-18(24)16(17)14-27-19-10-5-12-25-20(19)21(28)26(22(27)29)13-11-15-6-2-1-3-7-15/h1-10,12H,11,13-14H2. The zero-order valence-corrected chi connectivity index (χ0v) is 16.1. The molecule has 5 nitrogen and oxygen atoms in total. The number of hydrogen-bond donors (Lipinski definition) is 0. The summed E-state index contributed by atoms with van der Waals surface area (Å²) in [6.45, 7) is 0.0946. The number of rotatable bonds is 5. The lowest BCUT2D eigenvalue weighted by molar-refractivity contribution is 0.567. The van der Waals surface area contributed by atoms with E-state index in [9.17, 15) is 14.0 Å². The Morgan fingerprint density at radius 2 is 1.72 bits per heavy atom. The largest absolute Gasteiger partial charge is 0.331 e. The van der Waals surface area contributed by atoms with Crippen molar-refractivity contribution in [3.63, 3.8) is 0 Å². The van der Waals surface area contributed by atoms with E-state index in [-0.39, 0.29) is 29.2 Å². The molecule has 0 fully saturated rings. The molecule has 2 aromatic carbocycles. The molecule has 4 aromatic rings. The van der Waals surface area contributed by atoms with Gasteiger partial charge >= 0.3 is 5.69 Å². The van der Waals surface area contributed by atoms with Crippen molar-refractivity contribution >= 4 is 22.6 Å². The van der Waals surface area contributed by atoms with E-state index < -0.39 is 17.1 Å². The highest BCUT2D eigenvalue weighted by molar-refractivity contribution is 6.31. The van der Waals surface area contributed by atoms with Crippen molar-refractivity contribution in [3.05, 3.63) is 110 Å². The minimum atomic E-state index is -0.522. The maximum Gasteiger partial charge on any atom is 0.331 e. The number of nitrogens with zero attached hydrogens (tertiary/aromatic N) is 3. The first-order valence-corrected chi connectivity index (χ1v) is 9.49. The second kappa shape index (κ2) is 8.01. The molecule has 0 saturated carbocycles. The van der Waals surface area contributed by atoms with Crippen molar-refractivity contribution in [1.29, 1.82) is 0 Å². The van der Waals surface area contributed by atoms with Gasteiger partial charge in [-0.15, -0.1) is 0 Å². The van der Waals surface area contributed by atoms with E-state index in [1.165, 1.54) is 22.9 Å². The lowest BCUT2D eigenvalue weighted by Crippen LogP contribution is -2.41. The lowest BCUT2D eigenvalue weighted by atomic mass is 10.1. The number of halogens is 2. The van der Waals surface area contributed by atoms with Crippen LogP contribution in [0.4, 0.5) is 4.39 Å². The molecule has 4 rings (SSSR count). The summed E-state index contributed by atoms with van der Waals surface area (Å²) in [5.41, 5.74) is 0.715. The molecule has 0 aliphatic rings. The molecular formula is C22H17ClFN3O2. The van der Waals surface area contributed by atoms with Gasteiger partial charge in [-0.3, -0.25) is 13.9 Å². The molecule has 0 bridgehead atoms. The molecule has 0 radical (unpaired) electrons. The number of hydrogen-bond acceptors (Lipinski definition) is 3. The molecule has 0 amide bonds. The predicted molar refractivity (Wildman–Crippen MR) is 111 cm³/mol. The van der Waals surface area contributed by atoms with Crippen molar-refractivity contribution < 1.29 is 4.39 Å². The van der Waals surface area contributed by atoms with Gasteiger partial charge in [0.1, 0.15) is 5.82 Å². The SMILES string of the molecule is O=c1c2ncccc2n(Cc2c(F)cccc2Cl)c(=O)n1CCc1ccccc1. The number of benzene rings is 2. The van der Waals surface area contributed by atoms with Crippen LogP contribution in [-0.4, -0.2) is 14.1 Å². The van der Waals surface area contributed by atoms with Crippen LogP contribution in [0.3, 0.4) is 0 Å². The Balaban J connectivity index is 1.85. The van der Waals surface area contributed by atoms with Crippen molar-refractivity contribution in [2.45, 2.75) is 19.5 Å². The average Bonchev–Trinajstić information content (AvgIpc) is 2.73. The highest BCUT2D eigenvalue weighted by Crippen LogP contribution is 2.20. The van der Waals surface area contributed by atoms with Crippen LogP contribution in [0.2, 0.25) is 5.02 Å². The summed E-state index contributed by atoms with van der Waals surface area (Å²) in [5, 5.41) is 0.218. The predicted octanol–water partition coefficient (Wildman–Crippen LogP) is 3.64. The van der Waals surface area contributed by atoms with Gasteiger partial charge in [-0.1, -0.05) is 48.0 Å². The average molecular weight is 410 g/mol. The Morgan fingerprint density at radius 3 is 2.48 bits per heavy atom. The first kappa shape index (κ1) is 19.1. The van der Waals surface area contributed by atoms with Crippen molar-refractivity contribution in [1.82, 2.24) is 14.1 Å². The smallest absolute Gasteiger partial charge is 0.287 e. The van der Waals surface area contributed by atoms with Gasteiger partial charge in [0.15, 0.2) is 5.52 Å². The van der Waals surface area contributed by atoms with Crippen LogP contribution >= 0.6 is 11.6 Å². The molecular weight excluding hydrogens is 393 g/mol. The van der Waals surface area contributed by atoms with E-state index in [4.69, 9.17) is 11.6 Å². The molecule has 0 aliphatic heterocycles. The Kier molecular flexibility index (Phi) is 5.27. The van der Waals surface area contributed by atoms with Crippen LogP contribution in [0.15, 0.2) is 76.4 Å². The molecule has 0 atom stereocenters. The zero-order chi connectivity index (χ0) is 20.4. The fourth-order valence-electron chi connectivity index (χ4n) is 3.32. The van der Waals surface area contributed by atoms with E-state index >= 15 is 0 Å². The minimum absolute atomic E-state index is 0.0991. The van der Waals surface area contributed by atoms with Crippen LogP contribution in [-0.2, 0) is 19.5 Å². The molecule has 2 heterocycles. The zero-order valence-electron chi connectivity index (χ0n) is 15.4. The van der Waals surface area contributed by atoms with Crippen LogP contribution in [0.25, 0.3) is 11.0 Å². The van der Waals surface area contributed by atoms with Crippen molar-refractivity contribution in [3.8, 4) is 0 Å². The number of fused-ring (bicyclic) bond motifs is 1. The third kappa shape index (κ3) is 3.71. The molecule has 0 unspecified atom stereocenters. The Bertz CT molecular complexity index is 1280. The maximum absolute atomic E-state index is 14.3. The van der Waals surface area contributed by atoms with E-state index in [0.717, 1.165) is 10.1 Å². The molecule has 0 saturated heterocycles. The van der Waals surface area contributed by atoms with Gasteiger partial charge in [-0.2, -0.15) is 0 Å². The summed E-state index contributed by atoms with van der Waals surface area (Å²) in [7, 11) is 0. The summed E-state index contributed by atoms with van der Waals surface area (Å²) < 4.78 is 16.8. The normalized spacial score (nSPS) is 11.1. The number of pyridine rings is 1. The van der Waals surface area contributed by atoms with E-state index in [1.54, 1.807) is 18.2 Å². The summed E-state index contributed by atoms with van der Waals surface area (Å²) in [5.74, 6) is -0.511. The topological polar surface area (TPSA) is 56.9 Å². The maximum atomic E-state index is 14.3. The fourth-order valence-corrected chi connectivity index (χ4v) is 3.54. The van der Waals surface area contributed by atoms with Crippen LogP contribution in [0, 0.1) is 5.82 Å². The van der Waals surface area contributed by atoms with Crippen molar-refractivity contribution in [2.24, 2.45) is 0 Å². The number of aromatic nitrogens is 3. The van der Waals surface area contributed by atoms with Crippen LogP contribution < -0.4 is 11.2 Å². The summed E-state index contributed by atoms with van der Waals surface area (Å²) >= 11 is 6.16. The Hall–Kier alpha value is -3.25. The first-order valence-electron chi connectivity index (χ1n) is 9.11. The van der Waals surface area contributed by atoms with Gasteiger partial charge < -0.3 is 0 Å². The molecule has 29 heavy (non-hydrogen) atoms. The molecule has 7 heteroatoms. The highest BCUT2D eigenvalue weighted by Gasteiger charge is 2.16. The quantitative estimate of drug-likeness (QED) is 0.505. The van der Waals surface area contributed by atoms with E-state index in [2.05, 4.69) is 4.98 Å². The summed E-state index contributed by atoms with van der Waals surface area (Å²) in [4.78, 5) is 30.2. The molecule has 0 spiro atoms. The van der Waals surface area contributed by atoms with Gasteiger partial charge in [0, 0.05) is 23.3 Å². The Labute approximate surface area is 170 Å². The van der Waals surface area contributed by atoms with E-state index in [0.29, 0.717) is 11.9 Å². The van der Waals surface area contributed by atoms with Gasteiger partial charge in [-0.25, -0.2) is 14.2 Å². The van der Waals surface area contributed by atoms with Crippen molar-refractivity contribution in [2.75, 3.05) is 0 Å². The molecule has 146 valence electrons. The molecule has 2 aromatic heterocycles.